The number of benzene rings is 1. The van der Waals surface area contributed by atoms with Crippen molar-refractivity contribution in [2.45, 2.75) is 38.1 Å². The van der Waals surface area contributed by atoms with E-state index in [0.29, 0.717) is 18.4 Å². The molecule has 1 amide bonds. The summed E-state index contributed by atoms with van der Waals surface area (Å²) in [6, 6.07) is 8.58. The third-order valence-electron chi connectivity index (χ3n) is 4.49. The molecule has 19 heavy (non-hydrogen) atoms. The van der Waals surface area contributed by atoms with Crippen LogP contribution in [0.1, 0.15) is 36.3 Å². The van der Waals surface area contributed by atoms with Gasteiger partial charge in [-0.15, -0.1) is 0 Å². The number of nitrogens with one attached hydrogen (secondary N) is 1. The average molecular weight is 258 g/mol. The molecular weight excluding hydrogens is 236 g/mol. The Morgan fingerprint density at radius 2 is 2.16 bits per heavy atom. The molecule has 0 saturated heterocycles. The number of hydrogen-bond acceptors (Lipinski definition) is 2. The summed E-state index contributed by atoms with van der Waals surface area (Å²) in [6.45, 7) is 2.69. The monoisotopic (exact) mass is 258 g/mol. The van der Waals surface area contributed by atoms with E-state index in [-0.39, 0.29) is 17.9 Å². The highest BCUT2D eigenvalue weighted by atomic mass is 16.2. The van der Waals surface area contributed by atoms with Crippen molar-refractivity contribution >= 4 is 5.91 Å². The van der Waals surface area contributed by atoms with Crippen molar-refractivity contribution in [2.75, 3.05) is 6.54 Å². The van der Waals surface area contributed by atoms with Crippen LogP contribution in [0.2, 0.25) is 0 Å². The van der Waals surface area contributed by atoms with E-state index in [1.54, 1.807) is 0 Å². The summed E-state index contributed by atoms with van der Waals surface area (Å²) >= 11 is 0. The van der Waals surface area contributed by atoms with Crippen molar-refractivity contribution in [3.05, 3.63) is 35.4 Å². The Bertz CT molecular complexity index is 481. The second-order valence-corrected chi connectivity index (χ2v) is 5.99. The number of nitrogens with two attached hydrogens (primary N) is 1. The smallest absolute Gasteiger partial charge is 0.224 e. The Labute approximate surface area is 114 Å². The fourth-order valence-corrected chi connectivity index (χ4v) is 2.99. The van der Waals surface area contributed by atoms with Gasteiger partial charge in [-0.1, -0.05) is 24.3 Å². The lowest BCUT2D eigenvalue weighted by Crippen LogP contribution is -2.42. The highest BCUT2D eigenvalue weighted by Gasteiger charge is 2.45. The molecule has 3 unspecified atom stereocenters. The summed E-state index contributed by atoms with van der Waals surface area (Å²) in [4.78, 5) is 12.2. The minimum absolute atomic E-state index is 0.161. The van der Waals surface area contributed by atoms with E-state index in [9.17, 15) is 4.79 Å². The molecule has 0 aliphatic heterocycles. The standard InChI is InChI=1S/C16H22N2O/c1-10-4-2-3-5-12(10)13-8-14(13)16(19)18-15(9-17)11-6-7-11/h2-5,11,13-15H,6-9,17H2,1H3,(H,18,19). The molecule has 1 aromatic rings. The normalized spacial score (nSPS) is 26.8. The van der Waals surface area contributed by atoms with Gasteiger partial charge >= 0.3 is 0 Å². The van der Waals surface area contributed by atoms with Crippen LogP contribution in [0.3, 0.4) is 0 Å². The Balaban J connectivity index is 1.60. The molecule has 2 aliphatic rings. The highest BCUT2D eigenvalue weighted by molar-refractivity contribution is 5.83. The Hall–Kier alpha value is -1.35. The molecule has 3 rings (SSSR count). The molecule has 0 radical (unpaired) electrons. The van der Waals surface area contributed by atoms with Crippen molar-refractivity contribution in [3.63, 3.8) is 0 Å². The molecule has 0 heterocycles. The summed E-state index contributed by atoms with van der Waals surface area (Å²) in [6.07, 6.45) is 3.42. The van der Waals surface area contributed by atoms with E-state index < -0.39 is 0 Å². The quantitative estimate of drug-likeness (QED) is 0.848. The van der Waals surface area contributed by atoms with Crippen LogP contribution < -0.4 is 11.1 Å². The van der Waals surface area contributed by atoms with Gasteiger partial charge in [0.2, 0.25) is 5.91 Å². The zero-order valence-corrected chi connectivity index (χ0v) is 11.4. The van der Waals surface area contributed by atoms with Crippen molar-refractivity contribution in [3.8, 4) is 0 Å². The van der Waals surface area contributed by atoms with Crippen LogP contribution in [-0.2, 0) is 4.79 Å². The molecule has 2 fully saturated rings. The zero-order chi connectivity index (χ0) is 13.4. The third-order valence-corrected chi connectivity index (χ3v) is 4.49. The first-order valence-corrected chi connectivity index (χ1v) is 7.26. The molecule has 2 saturated carbocycles. The van der Waals surface area contributed by atoms with Crippen molar-refractivity contribution < 1.29 is 4.79 Å². The van der Waals surface area contributed by atoms with Gasteiger partial charge in [-0.2, -0.15) is 0 Å². The van der Waals surface area contributed by atoms with E-state index in [0.717, 1.165) is 6.42 Å². The minimum atomic E-state index is 0.161. The first-order valence-electron chi connectivity index (χ1n) is 7.26. The van der Waals surface area contributed by atoms with Gasteiger partial charge in [0, 0.05) is 18.5 Å². The van der Waals surface area contributed by atoms with Crippen LogP contribution in [0.15, 0.2) is 24.3 Å². The summed E-state index contributed by atoms with van der Waals surface area (Å²) in [5.41, 5.74) is 8.36. The fourth-order valence-electron chi connectivity index (χ4n) is 2.99. The first kappa shape index (κ1) is 12.7. The largest absolute Gasteiger partial charge is 0.352 e. The van der Waals surface area contributed by atoms with Gasteiger partial charge in [0.15, 0.2) is 0 Å². The maximum Gasteiger partial charge on any atom is 0.224 e. The number of hydrogen-bond donors (Lipinski definition) is 2. The van der Waals surface area contributed by atoms with Gasteiger partial charge in [0.1, 0.15) is 0 Å². The molecule has 0 spiro atoms. The lowest BCUT2D eigenvalue weighted by Gasteiger charge is -2.16. The van der Waals surface area contributed by atoms with Gasteiger partial charge in [-0.05, 0) is 49.1 Å². The van der Waals surface area contributed by atoms with E-state index in [2.05, 4.69) is 30.4 Å². The third kappa shape index (κ3) is 2.66. The van der Waals surface area contributed by atoms with Gasteiger partial charge in [0.25, 0.3) is 0 Å². The summed E-state index contributed by atoms with van der Waals surface area (Å²) in [5.74, 6) is 1.41. The molecule has 2 aliphatic carbocycles. The number of carbonyl (C=O) groups is 1. The lowest BCUT2D eigenvalue weighted by atomic mass is 10.0. The fraction of sp³-hybridized carbons (Fsp3) is 0.562. The molecule has 3 nitrogen and oxygen atoms in total. The molecule has 3 heteroatoms. The molecule has 3 atom stereocenters. The first-order chi connectivity index (χ1) is 9.20. The topological polar surface area (TPSA) is 55.1 Å². The SMILES string of the molecule is Cc1ccccc1C1CC1C(=O)NC(CN)C1CC1. The number of carbonyl (C=O) groups excluding carboxylic acids is 1. The highest BCUT2D eigenvalue weighted by Crippen LogP contribution is 2.48. The summed E-state index contributed by atoms with van der Waals surface area (Å²) in [5, 5.41) is 3.15. The second-order valence-electron chi connectivity index (χ2n) is 5.99. The average Bonchev–Trinajstić information content (AvgIpc) is 3.28. The number of aryl methyl sites for hydroxylation is 1. The van der Waals surface area contributed by atoms with Gasteiger partial charge < -0.3 is 11.1 Å². The van der Waals surface area contributed by atoms with E-state index in [1.165, 1.54) is 24.0 Å². The molecular formula is C16H22N2O. The van der Waals surface area contributed by atoms with Crippen LogP contribution in [0, 0.1) is 18.8 Å². The Morgan fingerprint density at radius 3 is 2.79 bits per heavy atom. The Morgan fingerprint density at radius 1 is 1.42 bits per heavy atom. The minimum Gasteiger partial charge on any atom is -0.352 e. The van der Waals surface area contributed by atoms with Gasteiger partial charge in [-0.3, -0.25) is 4.79 Å². The maximum atomic E-state index is 12.2. The van der Waals surface area contributed by atoms with E-state index in [4.69, 9.17) is 5.73 Å². The van der Waals surface area contributed by atoms with Crippen LogP contribution in [0.5, 0.6) is 0 Å². The van der Waals surface area contributed by atoms with Gasteiger partial charge in [0.05, 0.1) is 0 Å². The van der Waals surface area contributed by atoms with Crippen molar-refractivity contribution in [2.24, 2.45) is 17.6 Å². The molecule has 0 bridgehead atoms. The van der Waals surface area contributed by atoms with E-state index in [1.807, 2.05) is 6.07 Å². The molecule has 102 valence electrons. The zero-order valence-electron chi connectivity index (χ0n) is 11.4. The van der Waals surface area contributed by atoms with Crippen molar-refractivity contribution in [1.82, 2.24) is 5.32 Å². The van der Waals surface area contributed by atoms with Gasteiger partial charge in [-0.25, -0.2) is 0 Å². The number of rotatable bonds is 5. The maximum absolute atomic E-state index is 12.2. The van der Waals surface area contributed by atoms with Crippen LogP contribution >= 0.6 is 0 Å². The van der Waals surface area contributed by atoms with E-state index >= 15 is 0 Å². The Kier molecular flexibility index (Phi) is 3.31. The van der Waals surface area contributed by atoms with Crippen LogP contribution in [0.4, 0.5) is 0 Å². The second kappa shape index (κ2) is 4.97. The van der Waals surface area contributed by atoms with Crippen LogP contribution in [0.25, 0.3) is 0 Å². The van der Waals surface area contributed by atoms with Crippen LogP contribution in [-0.4, -0.2) is 18.5 Å². The number of amides is 1. The van der Waals surface area contributed by atoms with Crippen molar-refractivity contribution in [1.29, 1.82) is 0 Å². The molecule has 1 aromatic carbocycles. The lowest BCUT2D eigenvalue weighted by molar-refractivity contribution is -0.123. The summed E-state index contributed by atoms with van der Waals surface area (Å²) in [7, 11) is 0. The predicted molar refractivity (Wildman–Crippen MR) is 75.7 cm³/mol. The predicted octanol–water partition coefficient (Wildman–Crippen LogP) is 1.95. The molecule has 0 aromatic heterocycles. The molecule has 3 N–H and O–H groups in total. The summed E-state index contributed by atoms with van der Waals surface area (Å²) < 4.78 is 0.